The topological polar surface area (TPSA) is 189 Å². The molecule has 12 nitrogen and oxygen atoms in total. The van der Waals surface area contributed by atoms with Crippen LogP contribution in [0.15, 0.2) is 11.6 Å². The molecule has 1 aliphatic heterocycles. The summed E-state index contributed by atoms with van der Waals surface area (Å²) in [6.45, 7) is 10.2. The minimum atomic E-state index is -0.419. The lowest BCUT2D eigenvalue weighted by molar-refractivity contribution is -0.139. The van der Waals surface area contributed by atoms with E-state index in [4.69, 9.17) is 36.5 Å². The summed E-state index contributed by atoms with van der Waals surface area (Å²) in [6, 6.07) is -0.719. The molecular formula is C22H41N7O5. The van der Waals surface area contributed by atoms with Crippen LogP contribution in [0.5, 0.6) is 0 Å². The highest BCUT2D eigenvalue weighted by Crippen LogP contribution is 2.24. The van der Waals surface area contributed by atoms with Gasteiger partial charge in [-0.15, -0.1) is 0 Å². The van der Waals surface area contributed by atoms with E-state index in [1.54, 1.807) is 17.9 Å². The quantitative estimate of drug-likeness (QED) is 0.165. The van der Waals surface area contributed by atoms with Crippen molar-refractivity contribution in [1.82, 2.24) is 15.5 Å². The van der Waals surface area contributed by atoms with E-state index in [0.29, 0.717) is 44.9 Å². The van der Waals surface area contributed by atoms with E-state index in [1.165, 1.54) is 6.92 Å². The molecule has 0 unspecified atom stereocenters. The van der Waals surface area contributed by atoms with Crippen molar-refractivity contribution < 1.29 is 23.8 Å². The van der Waals surface area contributed by atoms with E-state index in [0.717, 1.165) is 12.8 Å². The van der Waals surface area contributed by atoms with Crippen LogP contribution in [-0.2, 0) is 23.8 Å². The van der Waals surface area contributed by atoms with Crippen molar-refractivity contribution in [2.45, 2.75) is 71.2 Å². The Morgan fingerprint density at radius 3 is 2.35 bits per heavy atom. The number of guanidine groups is 2. The number of amides is 1. The van der Waals surface area contributed by atoms with Crippen LogP contribution in [0.2, 0.25) is 0 Å². The van der Waals surface area contributed by atoms with Gasteiger partial charge in [0, 0.05) is 31.6 Å². The van der Waals surface area contributed by atoms with Gasteiger partial charge in [0.15, 0.2) is 11.9 Å². The van der Waals surface area contributed by atoms with Gasteiger partial charge in [0.25, 0.3) is 0 Å². The zero-order valence-electron chi connectivity index (χ0n) is 20.7. The van der Waals surface area contributed by atoms with Crippen LogP contribution in [0.25, 0.3) is 0 Å². The van der Waals surface area contributed by atoms with E-state index in [2.05, 4.69) is 10.6 Å². The van der Waals surface area contributed by atoms with Crippen LogP contribution < -0.4 is 22.1 Å². The molecule has 0 aromatic heterocycles. The van der Waals surface area contributed by atoms with Gasteiger partial charge in [-0.2, -0.15) is 0 Å². The Labute approximate surface area is 201 Å². The summed E-state index contributed by atoms with van der Waals surface area (Å²) in [5.41, 5.74) is 11.8. The number of nitrogens with zero attached hydrogens (tertiary/aromatic N) is 1. The van der Waals surface area contributed by atoms with Crippen molar-refractivity contribution in [2.75, 3.05) is 32.9 Å². The molecule has 1 amide bonds. The third kappa shape index (κ3) is 10.1. The van der Waals surface area contributed by atoms with Crippen LogP contribution in [0.4, 0.5) is 0 Å². The Morgan fingerprint density at radius 2 is 1.85 bits per heavy atom. The molecule has 34 heavy (non-hydrogen) atoms. The summed E-state index contributed by atoms with van der Waals surface area (Å²) in [5.74, 6) is -0.554. The summed E-state index contributed by atoms with van der Waals surface area (Å²) in [5, 5.41) is 19.6. The van der Waals surface area contributed by atoms with Gasteiger partial charge in [0.1, 0.15) is 0 Å². The predicted octanol–water partition coefficient (Wildman–Crippen LogP) is 0.0218. The first-order valence-corrected chi connectivity index (χ1v) is 11.7. The van der Waals surface area contributed by atoms with Crippen LogP contribution in [0.3, 0.4) is 0 Å². The SMILES string of the molecule is CCOC(=O)C1=C[C@@H](OC(CC)CC)[C@H](NC(C)=O)[C@@H](N)C1.N=C(N)NC(=N)N1CCOCC1. The van der Waals surface area contributed by atoms with Gasteiger partial charge in [-0.3, -0.25) is 20.9 Å². The molecule has 1 aliphatic carbocycles. The summed E-state index contributed by atoms with van der Waals surface area (Å²) in [6.07, 6.45) is 3.48. The number of esters is 1. The third-order valence-electron chi connectivity index (χ3n) is 5.38. The van der Waals surface area contributed by atoms with Crippen molar-refractivity contribution in [3.05, 3.63) is 11.6 Å². The summed E-state index contributed by atoms with van der Waals surface area (Å²) < 4.78 is 16.2. The molecule has 0 aromatic carbocycles. The second-order valence-electron chi connectivity index (χ2n) is 8.03. The monoisotopic (exact) mass is 483 g/mol. The number of rotatable bonds is 7. The number of carbonyl (C=O) groups excluding carboxylic acids is 2. The number of nitrogens with one attached hydrogen (secondary N) is 4. The number of hydrogen-bond acceptors (Lipinski definition) is 8. The highest BCUT2D eigenvalue weighted by atomic mass is 16.5. The van der Waals surface area contributed by atoms with Gasteiger partial charge in [-0.25, -0.2) is 4.79 Å². The number of hydrogen-bond donors (Lipinski definition) is 6. The number of morpholine rings is 1. The van der Waals surface area contributed by atoms with E-state index in [9.17, 15) is 9.59 Å². The van der Waals surface area contributed by atoms with Crippen LogP contribution in [0, 0.1) is 10.8 Å². The molecule has 8 N–H and O–H groups in total. The van der Waals surface area contributed by atoms with Crippen LogP contribution in [0.1, 0.15) is 47.0 Å². The molecule has 2 aliphatic rings. The van der Waals surface area contributed by atoms with Crippen molar-refractivity contribution in [1.29, 1.82) is 10.8 Å². The highest BCUT2D eigenvalue weighted by molar-refractivity contribution is 5.94. The standard InChI is InChI=1S/C16H28N2O4.C6H13N5O/c1-5-12(6-2)22-14-9-11(16(20)21-7-3)8-13(17)15(14)18-10(4)19;7-5(8)10-6(9)11-1-3-12-4-2-11/h9,12-15H,5-8,17H2,1-4H3,(H,18,19);1-4H2,(H5,7,8,9,10)/t13-,14+,15+;/m0./s1. The lowest BCUT2D eigenvalue weighted by Gasteiger charge is -2.36. The van der Waals surface area contributed by atoms with Gasteiger partial charge >= 0.3 is 5.97 Å². The first-order valence-electron chi connectivity index (χ1n) is 11.7. The number of nitrogens with two attached hydrogens (primary N) is 2. The molecule has 0 radical (unpaired) electrons. The Morgan fingerprint density at radius 1 is 1.24 bits per heavy atom. The first kappa shape index (κ1) is 29.3. The van der Waals surface area contributed by atoms with E-state index >= 15 is 0 Å². The molecule has 0 spiro atoms. The zero-order valence-corrected chi connectivity index (χ0v) is 20.7. The zero-order chi connectivity index (χ0) is 25.7. The maximum Gasteiger partial charge on any atom is 0.333 e. The normalized spacial score (nSPS) is 22.1. The summed E-state index contributed by atoms with van der Waals surface area (Å²) >= 11 is 0. The molecule has 194 valence electrons. The van der Waals surface area contributed by atoms with Gasteiger partial charge in [-0.1, -0.05) is 13.8 Å². The smallest absolute Gasteiger partial charge is 0.333 e. The second kappa shape index (κ2) is 15.3. The molecule has 3 atom stereocenters. The van der Waals surface area contributed by atoms with Crippen molar-refractivity contribution in [3.63, 3.8) is 0 Å². The average Bonchev–Trinajstić information content (AvgIpc) is 2.79. The van der Waals surface area contributed by atoms with E-state index in [1.807, 2.05) is 13.8 Å². The Bertz CT molecular complexity index is 720. The summed E-state index contributed by atoms with van der Waals surface area (Å²) in [7, 11) is 0. The van der Waals surface area contributed by atoms with Gasteiger partial charge in [0.2, 0.25) is 5.91 Å². The first-order chi connectivity index (χ1) is 16.1. The molecule has 0 saturated carbocycles. The number of carbonyl (C=O) groups is 2. The Hall–Kier alpha value is -2.70. The molecule has 0 bridgehead atoms. The van der Waals surface area contributed by atoms with Crippen molar-refractivity contribution in [2.24, 2.45) is 11.5 Å². The lowest BCUT2D eigenvalue weighted by Crippen LogP contribution is -2.57. The van der Waals surface area contributed by atoms with E-state index < -0.39 is 6.10 Å². The molecular weight excluding hydrogens is 442 g/mol. The van der Waals surface area contributed by atoms with Gasteiger partial charge < -0.3 is 35.9 Å². The highest BCUT2D eigenvalue weighted by Gasteiger charge is 2.35. The molecule has 1 saturated heterocycles. The molecule has 0 aromatic rings. The average molecular weight is 484 g/mol. The number of ether oxygens (including phenoxy) is 3. The van der Waals surface area contributed by atoms with Gasteiger partial charge in [0.05, 0.1) is 38.1 Å². The Balaban J connectivity index is 0.000000404. The van der Waals surface area contributed by atoms with Crippen molar-refractivity contribution >= 4 is 23.8 Å². The minimum absolute atomic E-state index is 0.0613. The fraction of sp³-hybridized carbons (Fsp3) is 0.727. The van der Waals surface area contributed by atoms with Crippen molar-refractivity contribution in [3.8, 4) is 0 Å². The molecule has 1 heterocycles. The maximum atomic E-state index is 12.0. The fourth-order valence-corrected chi connectivity index (χ4v) is 3.61. The summed E-state index contributed by atoms with van der Waals surface area (Å²) in [4.78, 5) is 25.1. The maximum absolute atomic E-state index is 12.0. The largest absolute Gasteiger partial charge is 0.463 e. The molecule has 1 fully saturated rings. The fourth-order valence-electron chi connectivity index (χ4n) is 3.61. The van der Waals surface area contributed by atoms with Gasteiger partial charge in [-0.05, 0) is 32.3 Å². The van der Waals surface area contributed by atoms with Crippen LogP contribution in [-0.4, -0.2) is 85.9 Å². The third-order valence-corrected chi connectivity index (χ3v) is 5.38. The molecule has 12 heteroatoms. The lowest BCUT2D eigenvalue weighted by atomic mass is 9.88. The van der Waals surface area contributed by atoms with Crippen LogP contribution >= 0.6 is 0 Å². The minimum Gasteiger partial charge on any atom is -0.463 e. The van der Waals surface area contributed by atoms with E-state index in [-0.39, 0.29) is 42.0 Å². The molecule has 2 rings (SSSR count). The predicted molar refractivity (Wildman–Crippen MR) is 129 cm³/mol. The Kier molecular flexibility index (Phi) is 13.2. The second-order valence-corrected chi connectivity index (χ2v) is 8.03.